The van der Waals surface area contributed by atoms with Crippen LogP contribution in [-0.4, -0.2) is 5.48 Å². The van der Waals surface area contributed by atoms with Crippen LogP contribution in [-0.2, 0) is 0 Å². The van der Waals surface area contributed by atoms with Gasteiger partial charge in [-0.25, -0.2) is 0 Å². The van der Waals surface area contributed by atoms with Gasteiger partial charge >= 0.3 is 0 Å². The summed E-state index contributed by atoms with van der Waals surface area (Å²) in [5, 5.41) is 8.89. The molecule has 2 saturated carbocycles. The van der Waals surface area contributed by atoms with Gasteiger partial charge in [0, 0.05) is 5.92 Å². The van der Waals surface area contributed by atoms with Gasteiger partial charge in [0.05, 0.1) is 6.07 Å². The van der Waals surface area contributed by atoms with Gasteiger partial charge in [-0.15, -0.1) is 6.58 Å². The van der Waals surface area contributed by atoms with Crippen LogP contribution in [0.3, 0.4) is 0 Å². The van der Waals surface area contributed by atoms with Crippen molar-refractivity contribution in [3.8, 4) is 6.07 Å². The van der Waals surface area contributed by atoms with Crippen molar-refractivity contribution in [2.75, 3.05) is 0 Å². The Morgan fingerprint density at radius 1 is 0.882 bits per heavy atom. The van der Waals surface area contributed by atoms with Crippen LogP contribution in [0.15, 0.2) is 12.7 Å². The highest BCUT2D eigenvalue weighted by Gasteiger charge is 2.29. The Balaban J connectivity index is 0.00000144. The maximum absolute atomic E-state index is 8.89. The highest BCUT2D eigenvalue weighted by Crippen LogP contribution is 2.41. The van der Waals surface area contributed by atoms with E-state index in [1.807, 2.05) is 0 Å². The Morgan fingerprint density at radius 2 is 1.35 bits per heavy atom. The van der Waals surface area contributed by atoms with Crippen molar-refractivity contribution < 1.29 is 5.48 Å². The van der Waals surface area contributed by atoms with Crippen molar-refractivity contribution >= 4 is 0 Å². The minimum Gasteiger partial charge on any atom is -0.412 e. The average molecular weight is 235 g/mol. The van der Waals surface area contributed by atoms with E-state index in [-0.39, 0.29) is 5.48 Å². The largest absolute Gasteiger partial charge is 0.412 e. The SMILES string of the molecule is C=CC1CCC(C2CCC(C#N)CC2)CC1.O. The van der Waals surface area contributed by atoms with Gasteiger partial charge in [0.1, 0.15) is 0 Å². The van der Waals surface area contributed by atoms with Crippen molar-refractivity contribution in [2.24, 2.45) is 23.7 Å². The summed E-state index contributed by atoms with van der Waals surface area (Å²) in [5.74, 6) is 3.03. The van der Waals surface area contributed by atoms with E-state index in [1.54, 1.807) is 0 Å². The highest BCUT2D eigenvalue weighted by molar-refractivity contribution is 4.91. The third kappa shape index (κ3) is 3.57. The van der Waals surface area contributed by atoms with Crippen LogP contribution in [0, 0.1) is 35.0 Å². The fourth-order valence-electron chi connectivity index (χ4n) is 3.57. The number of allylic oxidation sites excluding steroid dienone is 1. The third-order valence-corrected chi connectivity index (χ3v) is 4.77. The van der Waals surface area contributed by atoms with Gasteiger partial charge in [-0.3, -0.25) is 0 Å². The van der Waals surface area contributed by atoms with Crippen molar-refractivity contribution in [3.63, 3.8) is 0 Å². The predicted octanol–water partition coefficient (Wildman–Crippen LogP) is 3.48. The summed E-state index contributed by atoms with van der Waals surface area (Å²) in [6, 6.07) is 2.43. The lowest BCUT2D eigenvalue weighted by Gasteiger charge is -2.36. The lowest BCUT2D eigenvalue weighted by atomic mass is 9.69. The van der Waals surface area contributed by atoms with Gasteiger partial charge in [0.25, 0.3) is 0 Å². The van der Waals surface area contributed by atoms with Gasteiger partial charge in [0.15, 0.2) is 0 Å². The molecule has 0 atom stereocenters. The van der Waals surface area contributed by atoms with Crippen molar-refractivity contribution in [2.45, 2.75) is 51.4 Å². The summed E-state index contributed by atoms with van der Waals surface area (Å²) in [5.41, 5.74) is 0. The molecule has 2 aliphatic carbocycles. The molecule has 0 amide bonds. The van der Waals surface area contributed by atoms with Gasteiger partial charge in [-0.05, 0) is 69.1 Å². The number of nitrogens with zero attached hydrogens (tertiary/aromatic N) is 1. The molecule has 96 valence electrons. The second-order valence-corrected chi connectivity index (χ2v) is 5.65. The molecular weight excluding hydrogens is 210 g/mol. The summed E-state index contributed by atoms with van der Waals surface area (Å²) in [6.45, 7) is 3.91. The number of nitriles is 1. The molecule has 0 spiro atoms. The second-order valence-electron chi connectivity index (χ2n) is 5.65. The topological polar surface area (TPSA) is 55.3 Å². The predicted molar refractivity (Wildman–Crippen MR) is 70.3 cm³/mol. The van der Waals surface area contributed by atoms with Crippen LogP contribution in [0.1, 0.15) is 51.4 Å². The molecular formula is C15H25NO. The van der Waals surface area contributed by atoms with E-state index in [0.29, 0.717) is 5.92 Å². The van der Waals surface area contributed by atoms with E-state index in [0.717, 1.165) is 30.6 Å². The first-order valence-electron chi connectivity index (χ1n) is 6.85. The molecule has 0 radical (unpaired) electrons. The Hall–Kier alpha value is -0.810. The number of rotatable bonds is 2. The number of hydrogen-bond donors (Lipinski definition) is 0. The first-order chi connectivity index (χ1) is 7.83. The molecule has 0 aromatic carbocycles. The normalized spacial score (nSPS) is 37.6. The first kappa shape index (κ1) is 14.3. The van der Waals surface area contributed by atoms with Crippen LogP contribution in [0.5, 0.6) is 0 Å². The molecule has 2 heteroatoms. The molecule has 0 aromatic heterocycles. The van der Waals surface area contributed by atoms with Crippen LogP contribution in [0.2, 0.25) is 0 Å². The van der Waals surface area contributed by atoms with Crippen molar-refractivity contribution in [1.82, 2.24) is 0 Å². The summed E-state index contributed by atoms with van der Waals surface area (Å²) in [4.78, 5) is 0. The molecule has 2 aliphatic rings. The summed E-state index contributed by atoms with van der Waals surface area (Å²) in [7, 11) is 0. The first-order valence-corrected chi connectivity index (χ1v) is 6.85. The van der Waals surface area contributed by atoms with E-state index >= 15 is 0 Å². The summed E-state index contributed by atoms with van der Waals surface area (Å²) >= 11 is 0. The minimum atomic E-state index is 0. The van der Waals surface area contributed by atoms with E-state index in [1.165, 1.54) is 38.5 Å². The smallest absolute Gasteiger partial charge is 0.0655 e. The van der Waals surface area contributed by atoms with Crippen molar-refractivity contribution in [3.05, 3.63) is 12.7 Å². The van der Waals surface area contributed by atoms with Gasteiger partial charge in [-0.2, -0.15) is 5.26 Å². The van der Waals surface area contributed by atoms with Crippen LogP contribution < -0.4 is 0 Å². The quantitative estimate of drug-likeness (QED) is 0.676. The van der Waals surface area contributed by atoms with E-state index in [4.69, 9.17) is 5.26 Å². The standard InChI is InChI=1S/C15H23N.H2O/c1-2-12-3-7-14(8-4-12)15-9-5-13(11-16)6-10-15;/h2,12-15H,1,3-10H2;1H2. The molecule has 0 bridgehead atoms. The molecule has 2 rings (SSSR count). The number of hydrogen-bond acceptors (Lipinski definition) is 1. The second kappa shape index (κ2) is 6.81. The molecule has 0 aliphatic heterocycles. The fourth-order valence-corrected chi connectivity index (χ4v) is 3.57. The van der Waals surface area contributed by atoms with Gasteiger partial charge in [0.2, 0.25) is 0 Å². The zero-order valence-corrected chi connectivity index (χ0v) is 10.7. The monoisotopic (exact) mass is 235 g/mol. The van der Waals surface area contributed by atoms with Crippen LogP contribution in [0.4, 0.5) is 0 Å². The lowest BCUT2D eigenvalue weighted by molar-refractivity contribution is 0.168. The zero-order valence-electron chi connectivity index (χ0n) is 10.7. The maximum atomic E-state index is 8.89. The van der Waals surface area contributed by atoms with Crippen molar-refractivity contribution in [1.29, 1.82) is 5.26 Å². The van der Waals surface area contributed by atoms with E-state index in [9.17, 15) is 0 Å². The van der Waals surface area contributed by atoms with Crippen LogP contribution >= 0.6 is 0 Å². The third-order valence-electron chi connectivity index (χ3n) is 4.77. The van der Waals surface area contributed by atoms with Crippen LogP contribution in [0.25, 0.3) is 0 Å². The van der Waals surface area contributed by atoms with E-state index in [2.05, 4.69) is 18.7 Å². The molecule has 0 heterocycles. The Bertz CT molecular complexity index is 265. The van der Waals surface area contributed by atoms with Gasteiger partial charge < -0.3 is 5.48 Å². The molecule has 2 fully saturated rings. The molecule has 17 heavy (non-hydrogen) atoms. The summed E-state index contributed by atoms with van der Waals surface area (Å²) in [6.07, 6.45) is 12.6. The Morgan fingerprint density at radius 3 is 1.76 bits per heavy atom. The molecule has 0 saturated heterocycles. The highest BCUT2D eigenvalue weighted by atomic mass is 16.0. The summed E-state index contributed by atoms with van der Waals surface area (Å²) < 4.78 is 0. The molecule has 0 unspecified atom stereocenters. The fraction of sp³-hybridized carbons (Fsp3) is 0.800. The average Bonchev–Trinajstić information content (AvgIpc) is 2.39. The van der Waals surface area contributed by atoms with E-state index < -0.39 is 0 Å². The molecule has 2 nitrogen and oxygen atoms in total. The minimum absolute atomic E-state index is 0. The molecule has 2 N–H and O–H groups in total. The molecule has 0 aromatic rings. The van der Waals surface area contributed by atoms with Gasteiger partial charge in [-0.1, -0.05) is 6.08 Å². The maximum Gasteiger partial charge on any atom is 0.0655 e. The zero-order chi connectivity index (χ0) is 11.4. The lowest BCUT2D eigenvalue weighted by Crippen LogP contribution is -2.25. The Kier molecular flexibility index (Phi) is 5.71. The Labute approximate surface area is 105 Å².